The van der Waals surface area contributed by atoms with Crippen LogP contribution in [0.25, 0.3) is 0 Å². The Morgan fingerprint density at radius 3 is 3.12 bits per heavy atom. The molecule has 0 aliphatic rings. The molecule has 6 nitrogen and oxygen atoms in total. The fraction of sp³-hybridized carbons (Fsp3) is 0.111. The van der Waals surface area contributed by atoms with Crippen molar-refractivity contribution in [1.29, 1.82) is 0 Å². The van der Waals surface area contributed by atoms with Gasteiger partial charge >= 0.3 is 0 Å². The van der Waals surface area contributed by atoms with Crippen LogP contribution in [0.15, 0.2) is 29.0 Å². The minimum absolute atomic E-state index is 0.235. The minimum atomic E-state index is 0.235. The molecule has 0 bridgehead atoms. The third-order valence-electron chi connectivity index (χ3n) is 1.77. The standard InChI is InChI=1S/C9H9ClN4O2/c10-7-4-12-9(14-11)13-8(7)16-5-6-2-1-3-15-6/h1-4H,5,11H2,(H,12,13,14). The topological polar surface area (TPSA) is 86.2 Å². The highest BCUT2D eigenvalue weighted by atomic mass is 35.5. The van der Waals surface area contributed by atoms with Gasteiger partial charge in [0.05, 0.1) is 12.5 Å². The Labute approximate surface area is 96.4 Å². The molecule has 0 unspecified atom stereocenters. The van der Waals surface area contributed by atoms with E-state index in [-0.39, 0.29) is 18.4 Å². The number of aromatic nitrogens is 2. The molecule has 16 heavy (non-hydrogen) atoms. The van der Waals surface area contributed by atoms with Crippen LogP contribution < -0.4 is 16.0 Å². The van der Waals surface area contributed by atoms with E-state index in [2.05, 4.69) is 15.4 Å². The van der Waals surface area contributed by atoms with Gasteiger partial charge in [-0.3, -0.25) is 5.43 Å². The molecule has 2 rings (SSSR count). The highest BCUT2D eigenvalue weighted by Crippen LogP contribution is 2.22. The van der Waals surface area contributed by atoms with Gasteiger partial charge in [0.25, 0.3) is 0 Å². The van der Waals surface area contributed by atoms with Crippen LogP contribution in [0.3, 0.4) is 0 Å². The van der Waals surface area contributed by atoms with E-state index in [1.54, 1.807) is 18.4 Å². The van der Waals surface area contributed by atoms with E-state index in [0.717, 1.165) is 0 Å². The molecule has 2 aromatic rings. The number of anilines is 1. The van der Waals surface area contributed by atoms with Gasteiger partial charge in [-0.25, -0.2) is 10.8 Å². The lowest BCUT2D eigenvalue weighted by Gasteiger charge is -2.06. The average molecular weight is 241 g/mol. The van der Waals surface area contributed by atoms with Crippen molar-refractivity contribution in [2.45, 2.75) is 6.61 Å². The zero-order valence-corrected chi connectivity index (χ0v) is 8.94. The molecule has 0 aliphatic heterocycles. The van der Waals surface area contributed by atoms with E-state index < -0.39 is 0 Å². The number of furan rings is 1. The van der Waals surface area contributed by atoms with Crippen LogP contribution in [-0.4, -0.2) is 9.97 Å². The zero-order valence-electron chi connectivity index (χ0n) is 8.18. The van der Waals surface area contributed by atoms with Crippen molar-refractivity contribution >= 4 is 17.5 Å². The summed E-state index contributed by atoms with van der Waals surface area (Å²) in [4.78, 5) is 7.77. The summed E-state index contributed by atoms with van der Waals surface area (Å²) in [5, 5.41) is 0.311. The Morgan fingerprint density at radius 1 is 1.56 bits per heavy atom. The monoisotopic (exact) mass is 240 g/mol. The number of hydrogen-bond donors (Lipinski definition) is 2. The normalized spacial score (nSPS) is 10.1. The second kappa shape index (κ2) is 4.82. The van der Waals surface area contributed by atoms with E-state index in [0.29, 0.717) is 10.8 Å². The van der Waals surface area contributed by atoms with Gasteiger partial charge in [-0.15, -0.1) is 0 Å². The summed E-state index contributed by atoms with van der Waals surface area (Å²) < 4.78 is 10.5. The molecule has 0 saturated heterocycles. The summed E-state index contributed by atoms with van der Waals surface area (Å²) in [5.41, 5.74) is 2.30. The molecule has 7 heteroatoms. The Kier molecular flexibility index (Phi) is 3.23. The molecule has 0 radical (unpaired) electrons. The number of ether oxygens (including phenoxy) is 1. The van der Waals surface area contributed by atoms with Crippen molar-refractivity contribution in [3.05, 3.63) is 35.4 Å². The van der Waals surface area contributed by atoms with Crippen molar-refractivity contribution in [3.63, 3.8) is 0 Å². The fourth-order valence-electron chi connectivity index (χ4n) is 1.06. The molecule has 0 atom stereocenters. The first-order chi connectivity index (χ1) is 7.79. The average Bonchev–Trinajstić information content (AvgIpc) is 2.81. The molecule has 2 aromatic heterocycles. The van der Waals surface area contributed by atoms with Crippen molar-refractivity contribution < 1.29 is 9.15 Å². The van der Waals surface area contributed by atoms with Crippen molar-refractivity contribution in [3.8, 4) is 5.88 Å². The molecule has 0 fully saturated rings. The maximum absolute atomic E-state index is 5.84. The molecule has 0 aromatic carbocycles. The molecule has 3 N–H and O–H groups in total. The number of halogens is 1. The van der Waals surface area contributed by atoms with Crippen LogP contribution in [0.2, 0.25) is 5.02 Å². The highest BCUT2D eigenvalue weighted by Gasteiger charge is 2.07. The second-order valence-electron chi connectivity index (χ2n) is 2.86. The Balaban J connectivity index is 2.08. The van der Waals surface area contributed by atoms with Crippen molar-refractivity contribution in [2.24, 2.45) is 5.84 Å². The molecule has 0 aliphatic carbocycles. The first kappa shape index (κ1) is 10.7. The Morgan fingerprint density at radius 2 is 2.44 bits per heavy atom. The van der Waals surface area contributed by atoms with E-state index in [9.17, 15) is 0 Å². The first-order valence-corrected chi connectivity index (χ1v) is 4.81. The Hall–Kier alpha value is -1.79. The summed E-state index contributed by atoms with van der Waals surface area (Å²) >= 11 is 5.84. The number of hydrazine groups is 1. The fourth-order valence-corrected chi connectivity index (χ4v) is 1.20. The zero-order chi connectivity index (χ0) is 11.4. The van der Waals surface area contributed by atoms with E-state index in [1.807, 2.05) is 0 Å². The largest absolute Gasteiger partial charge is 0.468 e. The molecule has 0 amide bonds. The number of rotatable bonds is 4. The molecule has 0 spiro atoms. The molecule has 84 valence electrons. The summed E-state index contributed by atoms with van der Waals surface area (Å²) in [5.74, 6) is 6.33. The number of hydrogen-bond acceptors (Lipinski definition) is 6. The van der Waals surface area contributed by atoms with E-state index >= 15 is 0 Å². The maximum Gasteiger partial charge on any atom is 0.240 e. The lowest BCUT2D eigenvalue weighted by atomic mass is 10.5. The van der Waals surface area contributed by atoms with Gasteiger partial charge in [0, 0.05) is 0 Å². The SMILES string of the molecule is NNc1ncc(Cl)c(OCc2ccco2)n1. The molecular weight excluding hydrogens is 232 g/mol. The lowest BCUT2D eigenvalue weighted by Crippen LogP contribution is -2.11. The van der Waals surface area contributed by atoms with E-state index in [1.165, 1.54) is 6.20 Å². The van der Waals surface area contributed by atoms with Gasteiger partial charge < -0.3 is 9.15 Å². The predicted octanol–water partition coefficient (Wildman–Crippen LogP) is 1.59. The third kappa shape index (κ3) is 2.41. The predicted molar refractivity (Wildman–Crippen MR) is 57.9 cm³/mol. The molecule has 2 heterocycles. The first-order valence-electron chi connectivity index (χ1n) is 4.44. The van der Waals surface area contributed by atoms with E-state index in [4.69, 9.17) is 26.6 Å². The lowest BCUT2D eigenvalue weighted by molar-refractivity contribution is 0.260. The maximum atomic E-state index is 5.84. The number of nitrogens with zero attached hydrogens (tertiary/aromatic N) is 2. The van der Waals surface area contributed by atoms with Crippen molar-refractivity contribution in [2.75, 3.05) is 5.43 Å². The minimum Gasteiger partial charge on any atom is -0.468 e. The van der Waals surface area contributed by atoms with Gasteiger partial charge in [0.2, 0.25) is 11.8 Å². The van der Waals surface area contributed by atoms with Crippen LogP contribution in [0.4, 0.5) is 5.95 Å². The summed E-state index contributed by atoms with van der Waals surface area (Å²) in [6.07, 6.45) is 2.97. The summed E-state index contributed by atoms with van der Waals surface area (Å²) in [6, 6.07) is 3.56. The summed E-state index contributed by atoms with van der Waals surface area (Å²) in [6.45, 7) is 0.244. The number of nitrogens with two attached hydrogens (primary N) is 1. The van der Waals surface area contributed by atoms with Crippen LogP contribution in [0.5, 0.6) is 5.88 Å². The number of nitrogen functional groups attached to an aromatic ring is 1. The number of nitrogens with one attached hydrogen (secondary N) is 1. The van der Waals surface area contributed by atoms with Gasteiger partial charge in [0.15, 0.2) is 0 Å². The third-order valence-corrected chi connectivity index (χ3v) is 2.03. The van der Waals surface area contributed by atoms with Gasteiger partial charge in [0.1, 0.15) is 17.4 Å². The van der Waals surface area contributed by atoms with Crippen LogP contribution in [0, 0.1) is 0 Å². The molecular formula is C9H9ClN4O2. The highest BCUT2D eigenvalue weighted by molar-refractivity contribution is 6.31. The summed E-state index contributed by atoms with van der Waals surface area (Å²) in [7, 11) is 0. The van der Waals surface area contributed by atoms with Gasteiger partial charge in [-0.2, -0.15) is 4.98 Å². The van der Waals surface area contributed by atoms with Gasteiger partial charge in [-0.05, 0) is 12.1 Å². The molecule has 0 saturated carbocycles. The van der Waals surface area contributed by atoms with Crippen LogP contribution in [0.1, 0.15) is 5.76 Å². The van der Waals surface area contributed by atoms with Crippen LogP contribution >= 0.6 is 11.6 Å². The van der Waals surface area contributed by atoms with Crippen molar-refractivity contribution in [1.82, 2.24) is 9.97 Å². The van der Waals surface area contributed by atoms with Gasteiger partial charge in [-0.1, -0.05) is 11.6 Å². The van der Waals surface area contributed by atoms with Crippen LogP contribution in [-0.2, 0) is 6.61 Å². The second-order valence-corrected chi connectivity index (χ2v) is 3.27. The quantitative estimate of drug-likeness (QED) is 0.623. The Bertz CT molecular complexity index is 461. The smallest absolute Gasteiger partial charge is 0.240 e.